The molecule has 24 heavy (non-hydrogen) atoms. The average molecular weight is 366 g/mol. The summed E-state index contributed by atoms with van der Waals surface area (Å²) in [6.07, 6.45) is 1.76. The van der Waals surface area contributed by atoms with Crippen LogP contribution in [0.15, 0.2) is 24.3 Å². The van der Waals surface area contributed by atoms with Crippen molar-refractivity contribution in [3.05, 3.63) is 40.4 Å². The summed E-state index contributed by atoms with van der Waals surface area (Å²) in [5.41, 5.74) is 2.66. The van der Waals surface area contributed by atoms with Crippen LogP contribution >= 0.6 is 11.3 Å². The average Bonchev–Trinajstić information content (AvgIpc) is 2.89. The number of benzene rings is 1. The molecule has 1 aromatic heterocycles. The maximum Gasteiger partial charge on any atom is 0.325 e. The second kappa shape index (κ2) is 6.50. The van der Waals surface area contributed by atoms with E-state index in [1.807, 2.05) is 31.2 Å². The Hall–Kier alpha value is -1.97. The van der Waals surface area contributed by atoms with E-state index >= 15 is 0 Å². The Morgan fingerprint density at radius 1 is 1.25 bits per heavy atom. The molecule has 0 saturated heterocycles. The predicted molar refractivity (Wildman–Crippen MR) is 94.9 cm³/mol. The smallest absolute Gasteiger partial charge is 0.308 e. The molecule has 7 nitrogen and oxygen atoms in total. The third kappa shape index (κ3) is 3.92. The number of anilines is 2. The zero-order valence-corrected chi connectivity index (χ0v) is 15.0. The quantitative estimate of drug-likeness (QED) is 0.873. The maximum absolute atomic E-state index is 12.0. The summed E-state index contributed by atoms with van der Waals surface area (Å²) in [5, 5.41) is 5.92. The molecule has 1 aliphatic rings. The van der Waals surface area contributed by atoms with Crippen LogP contribution in [0.5, 0.6) is 0 Å². The molecular weight excluding hydrogens is 348 g/mol. The Morgan fingerprint density at radius 2 is 1.96 bits per heavy atom. The molecular formula is C15H18N4O3S2. The molecule has 2 heterocycles. The zero-order chi connectivity index (χ0) is 17.3. The van der Waals surface area contributed by atoms with Crippen LogP contribution in [-0.4, -0.2) is 36.5 Å². The van der Waals surface area contributed by atoms with E-state index in [9.17, 15) is 13.2 Å². The van der Waals surface area contributed by atoms with Crippen LogP contribution in [0.4, 0.5) is 15.6 Å². The van der Waals surface area contributed by atoms with Crippen molar-refractivity contribution >= 4 is 38.2 Å². The van der Waals surface area contributed by atoms with Gasteiger partial charge in [0.15, 0.2) is 5.13 Å². The molecule has 0 bridgehead atoms. The molecule has 128 valence electrons. The number of nitrogens with zero attached hydrogens (tertiary/aromatic N) is 2. The molecule has 3 rings (SSSR count). The van der Waals surface area contributed by atoms with Crippen molar-refractivity contribution in [3.8, 4) is 0 Å². The van der Waals surface area contributed by atoms with Gasteiger partial charge in [0.05, 0.1) is 11.9 Å². The first-order valence-corrected chi connectivity index (χ1v) is 10.1. The first kappa shape index (κ1) is 16.9. The largest absolute Gasteiger partial charge is 0.325 e. The molecule has 0 atom stereocenters. The molecule has 2 N–H and O–H groups in total. The number of urea groups is 1. The number of carbonyl (C=O) groups is 1. The number of aromatic nitrogens is 1. The third-order valence-corrected chi connectivity index (χ3v) is 5.94. The summed E-state index contributed by atoms with van der Waals surface area (Å²) in [7, 11) is -3.21. The standard InChI is InChI=1S/C15H18N4O3S2/c1-10-3-5-11(6-4-10)16-14(20)18-15-17-12-7-8-19(24(2,21)22)9-13(12)23-15/h3-6H,7-9H2,1-2H3,(H2,16,17,18,20). The highest BCUT2D eigenvalue weighted by atomic mass is 32.2. The summed E-state index contributed by atoms with van der Waals surface area (Å²) in [4.78, 5) is 17.3. The lowest BCUT2D eigenvalue weighted by Crippen LogP contribution is -2.34. The Kier molecular flexibility index (Phi) is 4.57. The third-order valence-electron chi connectivity index (χ3n) is 3.70. The second-order valence-electron chi connectivity index (χ2n) is 5.68. The summed E-state index contributed by atoms with van der Waals surface area (Å²) in [6.45, 7) is 2.71. The van der Waals surface area contributed by atoms with E-state index < -0.39 is 10.0 Å². The van der Waals surface area contributed by atoms with Gasteiger partial charge < -0.3 is 5.32 Å². The van der Waals surface area contributed by atoms with Crippen LogP contribution in [0.1, 0.15) is 16.1 Å². The van der Waals surface area contributed by atoms with Crippen LogP contribution in [0, 0.1) is 6.92 Å². The van der Waals surface area contributed by atoms with Crippen LogP contribution in [0.3, 0.4) is 0 Å². The fourth-order valence-electron chi connectivity index (χ4n) is 2.40. The molecule has 0 fully saturated rings. The van der Waals surface area contributed by atoms with Crippen molar-refractivity contribution in [2.24, 2.45) is 0 Å². The number of nitrogens with one attached hydrogen (secondary N) is 2. The van der Waals surface area contributed by atoms with Crippen LogP contribution < -0.4 is 10.6 Å². The van der Waals surface area contributed by atoms with E-state index in [1.165, 1.54) is 21.9 Å². The van der Waals surface area contributed by atoms with Crippen molar-refractivity contribution in [2.45, 2.75) is 19.9 Å². The number of fused-ring (bicyclic) bond motifs is 1. The van der Waals surface area contributed by atoms with Crippen molar-refractivity contribution in [3.63, 3.8) is 0 Å². The SMILES string of the molecule is Cc1ccc(NC(=O)Nc2nc3c(s2)CN(S(C)(=O)=O)CC3)cc1. The molecule has 1 aliphatic heterocycles. The van der Waals surface area contributed by atoms with Gasteiger partial charge >= 0.3 is 6.03 Å². The number of thiazole rings is 1. The highest BCUT2D eigenvalue weighted by molar-refractivity contribution is 7.88. The van der Waals surface area contributed by atoms with Crippen molar-refractivity contribution < 1.29 is 13.2 Å². The van der Waals surface area contributed by atoms with E-state index in [2.05, 4.69) is 15.6 Å². The highest BCUT2D eigenvalue weighted by Crippen LogP contribution is 2.29. The highest BCUT2D eigenvalue weighted by Gasteiger charge is 2.26. The van der Waals surface area contributed by atoms with Gasteiger partial charge in [-0.3, -0.25) is 5.32 Å². The molecule has 0 spiro atoms. The lowest BCUT2D eigenvalue weighted by molar-refractivity contribution is 0.262. The summed E-state index contributed by atoms with van der Waals surface area (Å²) in [6, 6.07) is 7.11. The van der Waals surface area contributed by atoms with Gasteiger partial charge in [-0.1, -0.05) is 29.0 Å². The Labute approximate surface area is 144 Å². The number of hydrogen-bond acceptors (Lipinski definition) is 5. The topological polar surface area (TPSA) is 91.4 Å². The first-order chi connectivity index (χ1) is 11.3. The summed E-state index contributed by atoms with van der Waals surface area (Å²) in [5.74, 6) is 0. The number of carbonyl (C=O) groups excluding carboxylic acids is 1. The van der Waals surface area contributed by atoms with Crippen LogP contribution in [0.2, 0.25) is 0 Å². The minimum absolute atomic E-state index is 0.313. The normalized spacial score (nSPS) is 14.9. The van der Waals surface area contributed by atoms with Gasteiger partial charge in [-0.15, -0.1) is 0 Å². The second-order valence-corrected chi connectivity index (χ2v) is 8.75. The van der Waals surface area contributed by atoms with Gasteiger partial charge in [-0.25, -0.2) is 18.2 Å². The predicted octanol–water partition coefficient (Wildman–Crippen LogP) is 2.41. The molecule has 2 amide bonds. The molecule has 0 aliphatic carbocycles. The first-order valence-electron chi connectivity index (χ1n) is 7.39. The molecule has 2 aromatic rings. The number of hydrogen-bond donors (Lipinski definition) is 2. The lowest BCUT2D eigenvalue weighted by atomic mass is 10.2. The minimum atomic E-state index is -3.21. The lowest BCUT2D eigenvalue weighted by Gasteiger charge is -2.23. The monoisotopic (exact) mass is 366 g/mol. The van der Waals surface area contributed by atoms with Gasteiger partial charge in [0.25, 0.3) is 0 Å². The fourth-order valence-corrected chi connectivity index (χ4v) is 4.29. The molecule has 0 unspecified atom stereocenters. The van der Waals surface area contributed by atoms with Crippen molar-refractivity contribution in [1.82, 2.24) is 9.29 Å². The van der Waals surface area contributed by atoms with E-state index in [-0.39, 0.29) is 6.03 Å². The number of sulfonamides is 1. The van der Waals surface area contributed by atoms with Crippen LogP contribution in [0.25, 0.3) is 0 Å². The number of aryl methyl sites for hydroxylation is 1. The van der Waals surface area contributed by atoms with Gasteiger partial charge in [-0.2, -0.15) is 4.31 Å². The van der Waals surface area contributed by atoms with E-state index in [0.29, 0.717) is 30.3 Å². The summed E-state index contributed by atoms with van der Waals surface area (Å²) >= 11 is 1.31. The Bertz CT molecular complexity index is 859. The Morgan fingerprint density at radius 3 is 2.62 bits per heavy atom. The molecule has 0 saturated carbocycles. The van der Waals surface area contributed by atoms with Gasteiger partial charge in [0.2, 0.25) is 10.0 Å². The number of rotatable bonds is 3. The minimum Gasteiger partial charge on any atom is -0.308 e. The van der Waals surface area contributed by atoms with Crippen molar-refractivity contribution in [2.75, 3.05) is 23.4 Å². The van der Waals surface area contributed by atoms with Crippen LogP contribution in [-0.2, 0) is 23.0 Å². The zero-order valence-electron chi connectivity index (χ0n) is 13.4. The van der Waals surface area contributed by atoms with Crippen molar-refractivity contribution in [1.29, 1.82) is 0 Å². The maximum atomic E-state index is 12.0. The van der Waals surface area contributed by atoms with Gasteiger partial charge in [-0.05, 0) is 19.1 Å². The van der Waals surface area contributed by atoms with Gasteiger partial charge in [0.1, 0.15) is 0 Å². The Balaban J connectivity index is 1.66. The fraction of sp³-hybridized carbons (Fsp3) is 0.333. The number of amides is 2. The molecule has 1 aromatic carbocycles. The molecule has 9 heteroatoms. The van der Waals surface area contributed by atoms with E-state index in [0.717, 1.165) is 16.1 Å². The van der Waals surface area contributed by atoms with E-state index in [1.54, 1.807) is 0 Å². The molecule has 0 radical (unpaired) electrons. The van der Waals surface area contributed by atoms with E-state index in [4.69, 9.17) is 0 Å². The summed E-state index contributed by atoms with van der Waals surface area (Å²) < 4.78 is 24.7. The van der Waals surface area contributed by atoms with Gasteiger partial charge in [0, 0.05) is 30.1 Å².